The molecule has 1 N–H and O–H groups in total. The summed E-state index contributed by atoms with van der Waals surface area (Å²) in [6.45, 7) is 0.573. The fourth-order valence-corrected chi connectivity index (χ4v) is 1.61. The van der Waals surface area contributed by atoms with Gasteiger partial charge >= 0.3 is 6.08 Å². The topological polar surface area (TPSA) is 47.3 Å². The van der Waals surface area contributed by atoms with E-state index in [1.807, 2.05) is 0 Å². The molecule has 1 saturated carbocycles. The summed E-state index contributed by atoms with van der Waals surface area (Å²) in [5, 5.41) is 3.26. The molecule has 1 fully saturated rings. The standard InChI is InChI=1S/C13H12F2N2O2/c14-10-2-1-3-11(12(10)15)19-13-17-9(7-18-13)6-16-8-4-5-8/h1-3,7-8,16H,4-6H2. The highest BCUT2D eigenvalue weighted by Crippen LogP contribution is 2.25. The number of oxazole rings is 1. The Morgan fingerprint density at radius 1 is 1.37 bits per heavy atom. The van der Waals surface area contributed by atoms with Gasteiger partial charge in [-0.3, -0.25) is 0 Å². The van der Waals surface area contributed by atoms with Crippen molar-refractivity contribution >= 4 is 0 Å². The third-order valence-electron chi connectivity index (χ3n) is 2.79. The van der Waals surface area contributed by atoms with Crippen LogP contribution in [0, 0.1) is 11.6 Å². The minimum absolute atomic E-state index is 0.0999. The second-order valence-electron chi connectivity index (χ2n) is 4.41. The average Bonchev–Trinajstić information content (AvgIpc) is 3.13. The lowest BCUT2D eigenvalue weighted by Crippen LogP contribution is -2.15. The predicted molar refractivity (Wildman–Crippen MR) is 62.8 cm³/mol. The van der Waals surface area contributed by atoms with Crippen molar-refractivity contribution in [1.29, 1.82) is 0 Å². The van der Waals surface area contributed by atoms with E-state index < -0.39 is 11.6 Å². The van der Waals surface area contributed by atoms with Gasteiger partial charge in [-0.1, -0.05) is 6.07 Å². The Morgan fingerprint density at radius 3 is 3.00 bits per heavy atom. The number of nitrogens with one attached hydrogen (secondary N) is 1. The van der Waals surface area contributed by atoms with Crippen LogP contribution < -0.4 is 10.1 Å². The molecular formula is C13H12F2N2O2. The second kappa shape index (κ2) is 4.97. The van der Waals surface area contributed by atoms with Gasteiger partial charge in [-0.15, -0.1) is 0 Å². The number of nitrogens with zero attached hydrogens (tertiary/aromatic N) is 1. The SMILES string of the molecule is Fc1cccc(Oc2nc(CNC3CC3)co2)c1F. The number of ether oxygens (including phenoxy) is 1. The summed E-state index contributed by atoms with van der Waals surface area (Å²) in [6.07, 6.45) is 3.69. The van der Waals surface area contributed by atoms with Crippen molar-refractivity contribution in [2.45, 2.75) is 25.4 Å². The zero-order chi connectivity index (χ0) is 13.2. The monoisotopic (exact) mass is 266 g/mol. The first kappa shape index (κ1) is 12.1. The number of benzene rings is 1. The van der Waals surface area contributed by atoms with Gasteiger partial charge in [0.05, 0.1) is 5.69 Å². The van der Waals surface area contributed by atoms with E-state index in [-0.39, 0.29) is 11.8 Å². The van der Waals surface area contributed by atoms with Gasteiger partial charge in [-0.2, -0.15) is 9.37 Å². The van der Waals surface area contributed by atoms with E-state index in [1.54, 1.807) is 0 Å². The zero-order valence-corrected chi connectivity index (χ0v) is 10.0. The van der Waals surface area contributed by atoms with Crippen LogP contribution in [0.1, 0.15) is 18.5 Å². The molecule has 1 heterocycles. The van der Waals surface area contributed by atoms with Gasteiger partial charge in [-0.05, 0) is 25.0 Å². The maximum Gasteiger partial charge on any atom is 0.399 e. The first-order valence-corrected chi connectivity index (χ1v) is 6.02. The Balaban J connectivity index is 1.67. The van der Waals surface area contributed by atoms with E-state index in [4.69, 9.17) is 9.15 Å². The fraction of sp³-hybridized carbons (Fsp3) is 0.308. The van der Waals surface area contributed by atoms with E-state index in [2.05, 4.69) is 10.3 Å². The van der Waals surface area contributed by atoms with Crippen molar-refractivity contribution in [2.24, 2.45) is 0 Å². The van der Waals surface area contributed by atoms with Crippen LogP contribution >= 0.6 is 0 Å². The summed E-state index contributed by atoms with van der Waals surface area (Å²) in [5.41, 5.74) is 0.665. The Kier molecular flexibility index (Phi) is 3.16. The Morgan fingerprint density at radius 2 is 2.21 bits per heavy atom. The van der Waals surface area contributed by atoms with Crippen molar-refractivity contribution in [1.82, 2.24) is 10.3 Å². The number of halogens is 2. The number of hydrogen-bond acceptors (Lipinski definition) is 4. The molecule has 1 aromatic heterocycles. The summed E-state index contributed by atoms with van der Waals surface area (Å²) in [6, 6.07) is 4.24. The summed E-state index contributed by atoms with van der Waals surface area (Å²) < 4.78 is 36.5. The van der Waals surface area contributed by atoms with Gasteiger partial charge < -0.3 is 14.5 Å². The van der Waals surface area contributed by atoms with Crippen LogP contribution in [-0.2, 0) is 6.54 Å². The molecule has 3 rings (SSSR count). The van der Waals surface area contributed by atoms with Crippen LogP contribution in [0.3, 0.4) is 0 Å². The van der Waals surface area contributed by atoms with E-state index >= 15 is 0 Å². The van der Waals surface area contributed by atoms with E-state index in [0.717, 1.165) is 6.07 Å². The molecule has 2 aromatic rings. The number of aromatic nitrogens is 1. The third-order valence-corrected chi connectivity index (χ3v) is 2.79. The van der Waals surface area contributed by atoms with Gasteiger partial charge in [0, 0.05) is 12.6 Å². The van der Waals surface area contributed by atoms with Gasteiger partial charge in [0.1, 0.15) is 6.26 Å². The molecule has 1 aliphatic rings. The van der Waals surface area contributed by atoms with E-state index in [0.29, 0.717) is 18.3 Å². The van der Waals surface area contributed by atoms with E-state index in [9.17, 15) is 8.78 Å². The van der Waals surface area contributed by atoms with Gasteiger partial charge in [0.15, 0.2) is 11.6 Å². The van der Waals surface area contributed by atoms with Crippen LogP contribution in [0.25, 0.3) is 0 Å². The molecule has 6 heteroatoms. The van der Waals surface area contributed by atoms with Crippen molar-refractivity contribution in [3.8, 4) is 11.8 Å². The Labute approximate surface area is 108 Å². The van der Waals surface area contributed by atoms with Crippen molar-refractivity contribution in [2.75, 3.05) is 0 Å². The minimum atomic E-state index is -1.06. The Hall–Kier alpha value is -1.95. The van der Waals surface area contributed by atoms with Crippen LogP contribution in [0.4, 0.5) is 8.78 Å². The third kappa shape index (κ3) is 2.90. The van der Waals surface area contributed by atoms with E-state index in [1.165, 1.54) is 31.2 Å². The predicted octanol–water partition coefficient (Wildman–Crippen LogP) is 3.00. The molecule has 4 nitrogen and oxygen atoms in total. The molecule has 1 aliphatic carbocycles. The van der Waals surface area contributed by atoms with Crippen LogP contribution in [0.15, 0.2) is 28.9 Å². The van der Waals surface area contributed by atoms with Gasteiger partial charge in [0.2, 0.25) is 5.82 Å². The van der Waals surface area contributed by atoms with Crippen molar-refractivity contribution in [3.63, 3.8) is 0 Å². The lowest BCUT2D eigenvalue weighted by Gasteiger charge is -2.02. The molecule has 0 radical (unpaired) electrons. The second-order valence-corrected chi connectivity index (χ2v) is 4.41. The molecule has 1 aromatic carbocycles. The Bertz CT molecular complexity index is 582. The smallest absolute Gasteiger partial charge is 0.399 e. The lowest BCUT2D eigenvalue weighted by molar-refractivity contribution is 0.313. The summed E-state index contributed by atoms with van der Waals surface area (Å²) in [4.78, 5) is 4.04. The average molecular weight is 266 g/mol. The lowest BCUT2D eigenvalue weighted by atomic mass is 10.3. The largest absolute Gasteiger partial charge is 0.417 e. The van der Waals surface area contributed by atoms with Gasteiger partial charge in [0.25, 0.3) is 0 Å². The van der Waals surface area contributed by atoms with Crippen LogP contribution in [-0.4, -0.2) is 11.0 Å². The molecule has 0 spiro atoms. The molecule has 0 bridgehead atoms. The van der Waals surface area contributed by atoms with Crippen LogP contribution in [0.5, 0.6) is 11.8 Å². The molecule has 0 saturated heterocycles. The maximum atomic E-state index is 13.4. The van der Waals surface area contributed by atoms with Crippen LogP contribution in [0.2, 0.25) is 0 Å². The van der Waals surface area contributed by atoms with Gasteiger partial charge in [-0.25, -0.2) is 4.39 Å². The molecular weight excluding hydrogens is 254 g/mol. The molecule has 0 aliphatic heterocycles. The number of hydrogen-bond donors (Lipinski definition) is 1. The number of rotatable bonds is 5. The van der Waals surface area contributed by atoms with Crippen molar-refractivity contribution < 1.29 is 17.9 Å². The maximum absolute atomic E-state index is 13.4. The fourth-order valence-electron chi connectivity index (χ4n) is 1.61. The highest BCUT2D eigenvalue weighted by Gasteiger charge is 2.21. The highest BCUT2D eigenvalue weighted by molar-refractivity contribution is 5.27. The quantitative estimate of drug-likeness (QED) is 0.903. The molecule has 19 heavy (non-hydrogen) atoms. The molecule has 0 unspecified atom stereocenters. The normalized spacial score (nSPS) is 14.6. The first-order valence-electron chi connectivity index (χ1n) is 6.02. The molecule has 0 atom stereocenters. The first-order chi connectivity index (χ1) is 9.22. The highest BCUT2D eigenvalue weighted by atomic mass is 19.2. The summed E-state index contributed by atoms with van der Waals surface area (Å²) in [5.74, 6) is -2.28. The van der Waals surface area contributed by atoms with Crippen molar-refractivity contribution in [3.05, 3.63) is 41.8 Å². The molecule has 0 amide bonds. The summed E-state index contributed by atoms with van der Waals surface area (Å²) in [7, 11) is 0. The summed E-state index contributed by atoms with van der Waals surface area (Å²) >= 11 is 0. The molecule has 100 valence electrons. The zero-order valence-electron chi connectivity index (χ0n) is 10.0. The minimum Gasteiger partial charge on any atom is -0.417 e.